The van der Waals surface area contributed by atoms with Crippen LogP contribution in [0.15, 0.2) is 48.0 Å². The minimum absolute atomic E-state index is 0.0184. The third kappa shape index (κ3) is 4.49. The Hall–Kier alpha value is -3.52. The number of anilines is 2. The SMILES string of the molecule is CCN1c2cc(OC)c(/C=C(\C#N)C(=O)Nc3cccc(C)c3)cc2C(C)=CC1(C)C. The monoisotopic (exact) mass is 415 g/mol. The van der Waals surface area contributed by atoms with E-state index >= 15 is 0 Å². The van der Waals surface area contributed by atoms with E-state index in [9.17, 15) is 10.1 Å². The highest BCUT2D eigenvalue weighted by atomic mass is 16.5. The molecule has 0 aliphatic carbocycles. The average Bonchev–Trinajstić information content (AvgIpc) is 2.71. The zero-order valence-corrected chi connectivity index (χ0v) is 19.0. The van der Waals surface area contributed by atoms with E-state index in [1.54, 1.807) is 19.3 Å². The zero-order valence-electron chi connectivity index (χ0n) is 19.0. The number of allylic oxidation sites excluding steroid dienone is 1. The van der Waals surface area contributed by atoms with Crippen molar-refractivity contribution in [3.63, 3.8) is 0 Å². The highest BCUT2D eigenvalue weighted by Crippen LogP contribution is 2.42. The highest BCUT2D eigenvalue weighted by molar-refractivity contribution is 6.10. The van der Waals surface area contributed by atoms with Crippen LogP contribution in [0.25, 0.3) is 11.6 Å². The Morgan fingerprint density at radius 1 is 1.26 bits per heavy atom. The van der Waals surface area contributed by atoms with Crippen molar-refractivity contribution >= 4 is 28.9 Å². The molecule has 0 aromatic heterocycles. The average molecular weight is 416 g/mol. The van der Waals surface area contributed by atoms with Crippen molar-refractivity contribution in [3.05, 3.63) is 64.7 Å². The second-order valence-corrected chi connectivity index (χ2v) is 8.33. The molecule has 2 aromatic rings. The number of methoxy groups -OCH3 is 1. The van der Waals surface area contributed by atoms with Crippen LogP contribution in [0, 0.1) is 18.3 Å². The third-order valence-corrected chi connectivity index (χ3v) is 5.59. The molecule has 1 heterocycles. The van der Waals surface area contributed by atoms with Crippen molar-refractivity contribution in [2.24, 2.45) is 0 Å². The molecule has 0 bridgehead atoms. The molecular weight excluding hydrogens is 386 g/mol. The van der Waals surface area contributed by atoms with Gasteiger partial charge in [-0.2, -0.15) is 5.26 Å². The molecule has 160 valence electrons. The Kier molecular flexibility index (Phi) is 6.21. The second kappa shape index (κ2) is 8.69. The maximum absolute atomic E-state index is 12.7. The van der Waals surface area contributed by atoms with Crippen molar-refractivity contribution in [1.29, 1.82) is 5.26 Å². The number of ether oxygens (including phenoxy) is 1. The molecule has 2 aromatic carbocycles. The molecule has 31 heavy (non-hydrogen) atoms. The summed E-state index contributed by atoms with van der Waals surface area (Å²) in [5.41, 5.74) is 5.61. The maximum Gasteiger partial charge on any atom is 0.266 e. The van der Waals surface area contributed by atoms with Crippen LogP contribution in [0.1, 0.15) is 44.4 Å². The normalized spacial score (nSPS) is 14.9. The van der Waals surface area contributed by atoms with Gasteiger partial charge in [-0.3, -0.25) is 4.79 Å². The van der Waals surface area contributed by atoms with Crippen molar-refractivity contribution < 1.29 is 9.53 Å². The van der Waals surface area contributed by atoms with E-state index in [1.807, 2.05) is 43.3 Å². The van der Waals surface area contributed by atoms with Crippen LogP contribution in [-0.4, -0.2) is 25.1 Å². The Labute approximate surface area is 184 Å². The van der Waals surface area contributed by atoms with Gasteiger partial charge in [-0.1, -0.05) is 18.2 Å². The lowest BCUT2D eigenvalue weighted by molar-refractivity contribution is -0.112. The Balaban J connectivity index is 2.04. The number of carbonyl (C=O) groups is 1. The third-order valence-electron chi connectivity index (χ3n) is 5.59. The quantitative estimate of drug-likeness (QED) is 0.512. The number of amides is 1. The molecule has 0 atom stereocenters. The molecule has 1 aliphatic heterocycles. The first-order chi connectivity index (χ1) is 14.7. The second-order valence-electron chi connectivity index (χ2n) is 8.33. The van der Waals surface area contributed by atoms with E-state index in [0.29, 0.717) is 17.0 Å². The predicted molar refractivity (Wildman–Crippen MR) is 127 cm³/mol. The lowest BCUT2D eigenvalue weighted by Gasteiger charge is -2.43. The van der Waals surface area contributed by atoms with Gasteiger partial charge in [0.25, 0.3) is 5.91 Å². The Bertz CT molecular complexity index is 1120. The number of carbonyl (C=O) groups excluding carboxylic acids is 1. The summed E-state index contributed by atoms with van der Waals surface area (Å²) in [6.07, 6.45) is 3.84. The smallest absolute Gasteiger partial charge is 0.266 e. The van der Waals surface area contributed by atoms with E-state index in [1.165, 1.54) is 0 Å². The van der Waals surface area contributed by atoms with Crippen LogP contribution < -0.4 is 15.0 Å². The number of rotatable bonds is 5. The Morgan fingerprint density at radius 2 is 2.00 bits per heavy atom. The molecule has 5 heteroatoms. The van der Waals surface area contributed by atoms with Gasteiger partial charge in [0.05, 0.1) is 12.6 Å². The first-order valence-corrected chi connectivity index (χ1v) is 10.4. The molecule has 1 N–H and O–H groups in total. The molecule has 5 nitrogen and oxygen atoms in total. The van der Waals surface area contributed by atoms with Crippen LogP contribution >= 0.6 is 0 Å². The summed E-state index contributed by atoms with van der Waals surface area (Å²) in [5, 5.41) is 12.5. The molecule has 1 aliphatic rings. The van der Waals surface area contributed by atoms with Gasteiger partial charge in [0.1, 0.15) is 17.4 Å². The van der Waals surface area contributed by atoms with Crippen molar-refractivity contribution in [1.82, 2.24) is 0 Å². The van der Waals surface area contributed by atoms with E-state index in [-0.39, 0.29) is 11.1 Å². The Morgan fingerprint density at radius 3 is 2.61 bits per heavy atom. The lowest BCUT2D eigenvalue weighted by Crippen LogP contribution is -2.44. The zero-order chi connectivity index (χ0) is 22.8. The van der Waals surface area contributed by atoms with Gasteiger partial charge in [-0.05, 0) is 70.0 Å². The lowest BCUT2D eigenvalue weighted by atomic mass is 9.87. The summed E-state index contributed by atoms with van der Waals surface area (Å²) in [4.78, 5) is 15.1. The number of nitrogens with zero attached hydrogens (tertiary/aromatic N) is 2. The van der Waals surface area contributed by atoms with Gasteiger partial charge in [-0.25, -0.2) is 0 Å². The number of fused-ring (bicyclic) bond motifs is 1. The van der Waals surface area contributed by atoms with Crippen molar-refractivity contribution in [2.75, 3.05) is 23.9 Å². The fraction of sp³-hybridized carbons (Fsp3) is 0.308. The summed E-state index contributed by atoms with van der Waals surface area (Å²) in [6.45, 7) is 11.4. The standard InChI is InChI=1S/C26H29N3O2/c1-7-29-23-14-24(31-6)19(13-22(23)18(3)15-26(29,4)5)12-20(16-27)25(30)28-21-10-8-9-17(2)11-21/h8-15H,7H2,1-6H3,(H,28,30)/b20-12+. The first-order valence-electron chi connectivity index (χ1n) is 10.4. The molecule has 0 spiro atoms. The maximum atomic E-state index is 12.7. The van der Waals surface area contributed by atoms with Crippen LogP contribution in [0.3, 0.4) is 0 Å². The highest BCUT2D eigenvalue weighted by Gasteiger charge is 2.31. The molecule has 0 radical (unpaired) electrons. The van der Waals surface area contributed by atoms with Gasteiger partial charge in [0.15, 0.2) is 0 Å². The summed E-state index contributed by atoms with van der Waals surface area (Å²) < 4.78 is 5.63. The summed E-state index contributed by atoms with van der Waals surface area (Å²) >= 11 is 0. The number of hydrogen-bond donors (Lipinski definition) is 1. The van der Waals surface area contributed by atoms with E-state index < -0.39 is 5.91 Å². The number of benzene rings is 2. The molecule has 0 saturated heterocycles. The molecule has 3 rings (SSSR count). The van der Waals surface area contributed by atoms with Crippen molar-refractivity contribution in [3.8, 4) is 11.8 Å². The number of likely N-dealkylation sites (N-methyl/N-ethyl adjacent to an activating group) is 1. The van der Waals surface area contributed by atoms with Crippen LogP contribution in [0.2, 0.25) is 0 Å². The number of nitrogens with one attached hydrogen (secondary N) is 1. The number of aryl methyl sites for hydroxylation is 1. The topological polar surface area (TPSA) is 65.4 Å². The molecule has 0 saturated carbocycles. The van der Waals surface area contributed by atoms with Gasteiger partial charge < -0.3 is 15.0 Å². The van der Waals surface area contributed by atoms with Gasteiger partial charge in [0.2, 0.25) is 0 Å². The van der Waals surface area contributed by atoms with Gasteiger partial charge >= 0.3 is 0 Å². The van der Waals surface area contributed by atoms with E-state index in [2.05, 4.69) is 44.0 Å². The van der Waals surface area contributed by atoms with Gasteiger partial charge in [0, 0.05) is 35.1 Å². The number of nitriles is 1. The molecule has 0 fully saturated rings. The van der Waals surface area contributed by atoms with Crippen LogP contribution in [0.4, 0.5) is 11.4 Å². The largest absolute Gasteiger partial charge is 0.496 e. The fourth-order valence-electron chi connectivity index (χ4n) is 4.21. The minimum atomic E-state index is -0.448. The van der Waals surface area contributed by atoms with E-state index in [4.69, 9.17) is 4.74 Å². The fourth-order valence-corrected chi connectivity index (χ4v) is 4.21. The summed E-state index contributed by atoms with van der Waals surface area (Å²) in [7, 11) is 1.60. The predicted octanol–water partition coefficient (Wildman–Crippen LogP) is 5.57. The van der Waals surface area contributed by atoms with Crippen molar-refractivity contribution in [2.45, 2.75) is 40.2 Å². The molecule has 0 unspecified atom stereocenters. The van der Waals surface area contributed by atoms with Gasteiger partial charge in [-0.15, -0.1) is 0 Å². The minimum Gasteiger partial charge on any atom is -0.496 e. The van der Waals surface area contributed by atoms with Crippen LogP contribution in [-0.2, 0) is 4.79 Å². The van der Waals surface area contributed by atoms with Crippen LogP contribution in [0.5, 0.6) is 5.75 Å². The molecular formula is C26H29N3O2. The van der Waals surface area contributed by atoms with E-state index in [0.717, 1.165) is 28.9 Å². The number of hydrogen-bond acceptors (Lipinski definition) is 4. The summed E-state index contributed by atoms with van der Waals surface area (Å²) in [6, 6.07) is 13.5. The summed E-state index contributed by atoms with van der Waals surface area (Å²) in [5.74, 6) is 0.176. The first kappa shape index (κ1) is 22.2. The molecule has 1 amide bonds.